The largest absolute Gasteiger partial charge is 0.481 e. The molecule has 0 radical (unpaired) electrons. The summed E-state index contributed by atoms with van der Waals surface area (Å²) in [6, 6.07) is 0. The molecule has 1 fully saturated rings. The second-order valence-electron chi connectivity index (χ2n) is 4.54. The Morgan fingerprint density at radius 2 is 2.28 bits per heavy atom. The van der Waals surface area contributed by atoms with Crippen molar-refractivity contribution in [2.45, 2.75) is 19.5 Å². The Bertz CT molecular complexity index is 474. The van der Waals surface area contributed by atoms with Gasteiger partial charge >= 0.3 is 12.1 Å². The van der Waals surface area contributed by atoms with Gasteiger partial charge in [-0.15, -0.1) is 0 Å². The number of carboxylic acid groups (broad SMARTS) is 1. The number of hydrogen-bond donors (Lipinski definition) is 1. The first kappa shape index (κ1) is 13.1. The van der Waals surface area contributed by atoms with Gasteiger partial charge < -0.3 is 10.0 Å². The SMILES string of the molecule is CC1(C(=O)O)CCN(c2ncc(C(F)(F)F)s2)C1. The Morgan fingerprint density at radius 3 is 2.72 bits per heavy atom. The number of alkyl halides is 3. The minimum atomic E-state index is -4.40. The summed E-state index contributed by atoms with van der Waals surface area (Å²) in [7, 11) is 0. The average Bonchev–Trinajstić information content (AvgIpc) is 2.82. The maximum Gasteiger partial charge on any atom is 0.427 e. The standard InChI is InChI=1S/C10H11F3N2O2S/c1-9(7(16)17)2-3-15(5-9)8-14-4-6(18-8)10(11,12)13/h4H,2-3,5H2,1H3,(H,16,17). The molecule has 4 nitrogen and oxygen atoms in total. The van der Waals surface area contributed by atoms with Crippen molar-refractivity contribution in [2.24, 2.45) is 5.41 Å². The van der Waals surface area contributed by atoms with Crippen molar-refractivity contribution in [3.63, 3.8) is 0 Å². The van der Waals surface area contributed by atoms with Gasteiger partial charge in [0.1, 0.15) is 4.88 Å². The number of anilines is 1. The highest BCUT2D eigenvalue weighted by molar-refractivity contribution is 7.15. The summed E-state index contributed by atoms with van der Waals surface area (Å²) in [5.41, 5.74) is -0.913. The average molecular weight is 280 g/mol. The smallest absolute Gasteiger partial charge is 0.427 e. The van der Waals surface area contributed by atoms with Crippen molar-refractivity contribution >= 4 is 22.4 Å². The van der Waals surface area contributed by atoms with E-state index in [-0.39, 0.29) is 11.7 Å². The molecule has 1 atom stereocenters. The molecule has 18 heavy (non-hydrogen) atoms. The molecule has 0 aromatic carbocycles. The summed E-state index contributed by atoms with van der Waals surface area (Å²) in [5, 5.41) is 9.28. The van der Waals surface area contributed by atoms with Crippen molar-refractivity contribution in [3.8, 4) is 0 Å². The number of aliphatic carboxylic acids is 1. The quantitative estimate of drug-likeness (QED) is 0.904. The molecule has 1 aliphatic heterocycles. The molecule has 100 valence electrons. The third kappa shape index (κ3) is 2.29. The van der Waals surface area contributed by atoms with Gasteiger partial charge in [-0.1, -0.05) is 11.3 Å². The van der Waals surface area contributed by atoms with Gasteiger partial charge in [0.15, 0.2) is 5.13 Å². The van der Waals surface area contributed by atoms with E-state index in [1.54, 1.807) is 11.8 Å². The van der Waals surface area contributed by atoms with Gasteiger partial charge in [0, 0.05) is 13.1 Å². The molecule has 1 aliphatic rings. The molecule has 0 amide bonds. The minimum Gasteiger partial charge on any atom is -0.481 e. The van der Waals surface area contributed by atoms with E-state index in [1.165, 1.54) is 0 Å². The summed E-state index contributed by atoms with van der Waals surface area (Å²) >= 11 is 0.546. The molecule has 0 saturated carbocycles. The molecule has 1 unspecified atom stereocenters. The van der Waals surface area contributed by atoms with Crippen LogP contribution in [0.25, 0.3) is 0 Å². The number of thiazole rings is 1. The van der Waals surface area contributed by atoms with Crippen molar-refractivity contribution in [2.75, 3.05) is 18.0 Å². The summed E-state index contributed by atoms with van der Waals surface area (Å²) in [6.45, 7) is 2.19. The zero-order valence-corrected chi connectivity index (χ0v) is 10.3. The lowest BCUT2D eigenvalue weighted by molar-refractivity contribution is -0.146. The second kappa shape index (κ2) is 4.11. The van der Waals surface area contributed by atoms with Crippen LogP contribution in [0.3, 0.4) is 0 Å². The van der Waals surface area contributed by atoms with Crippen LogP contribution in [0.1, 0.15) is 18.2 Å². The molecule has 2 heterocycles. The molecule has 1 aromatic heterocycles. The third-order valence-corrected chi connectivity index (χ3v) is 4.14. The van der Waals surface area contributed by atoms with E-state index in [1.807, 2.05) is 0 Å². The van der Waals surface area contributed by atoms with E-state index in [0.29, 0.717) is 24.3 Å². The van der Waals surface area contributed by atoms with Crippen LogP contribution in [0.4, 0.5) is 18.3 Å². The van der Waals surface area contributed by atoms with Crippen LogP contribution >= 0.6 is 11.3 Å². The van der Waals surface area contributed by atoms with Gasteiger partial charge in [-0.2, -0.15) is 13.2 Å². The fraction of sp³-hybridized carbons (Fsp3) is 0.600. The lowest BCUT2D eigenvalue weighted by Crippen LogP contribution is -2.31. The zero-order valence-electron chi connectivity index (χ0n) is 9.49. The van der Waals surface area contributed by atoms with Gasteiger partial charge in [-0.05, 0) is 13.3 Å². The minimum absolute atomic E-state index is 0.188. The highest BCUT2D eigenvalue weighted by Crippen LogP contribution is 2.39. The number of nitrogens with zero attached hydrogens (tertiary/aromatic N) is 2. The first-order chi connectivity index (χ1) is 8.22. The maximum atomic E-state index is 12.4. The van der Waals surface area contributed by atoms with Crippen LogP contribution in [-0.2, 0) is 11.0 Å². The van der Waals surface area contributed by atoms with Crippen molar-refractivity contribution in [1.82, 2.24) is 4.98 Å². The highest BCUT2D eigenvalue weighted by Gasteiger charge is 2.42. The lowest BCUT2D eigenvalue weighted by atomic mass is 9.90. The molecule has 0 aliphatic carbocycles. The normalized spacial score (nSPS) is 24.6. The number of carbonyl (C=O) groups is 1. The summed E-state index contributed by atoms with van der Waals surface area (Å²) < 4.78 is 37.3. The number of carboxylic acids is 1. The van der Waals surface area contributed by atoms with Crippen LogP contribution in [-0.4, -0.2) is 29.1 Å². The fourth-order valence-electron chi connectivity index (χ4n) is 1.84. The number of aromatic nitrogens is 1. The topological polar surface area (TPSA) is 53.4 Å². The summed E-state index contributed by atoms with van der Waals surface area (Å²) in [6.07, 6.45) is -3.20. The van der Waals surface area contributed by atoms with Crippen molar-refractivity contribution in [3.05, 3.63) is 11.1 Å². The van der Waals surface area contributed by atoms with Gasteiger partial charge in [0.2, 0.25) is 0 Å². The third-order valence-electron chi connectivity index (χ3n) is 3.03. The van der Waals surface area contributed by atoms with Gasteiger partial charge in [-0.3, -0.25) is 4.79 Å². The lowest BCUT2D eigenvalue weighted by Gasteiger charge is -2.19. The van der Waals surface area contributed by atoms with Gasteiger partial charge in [0.25, 0.3) is 0 Å². The fourth-order valence-corrected chi connectivity index (χ4v) is 2.65. The molecule has 0 spiro atoms. The van der Waals surface area contributed by atoms with Crippen molar-refractivity contribution < 1.29 is 23.1 Å². The number of hydrogen-bond acceptors (Lipinski definition) is 4. The molecule has 2 rings (SSSR count). The first-order valence-electron chi connectivity index (χ1n) is 5.24. The number of halogens is 3. The van der Waals surface area contributed by atoms with Gasteiger partial charge in [-0.25, -0.2) is 4.98 Å². The highest BCUT2D eigenvalue weighted by atomic mass is 32.1. The Balaban J connectivity index is 2.15. The van der Waals surface area contributed by atoms with Crippen LogP contribution in [0, 0.1) is 5.41 Å². The predicted octanol–water partition coefficient (Wildman–Crippen LogP) is 2.46. The summed E-state index contributed by atoms with van der Waals surface area (Å²) in [5.74, 6) is -0.933. The maximum absolute atomic E-state index is 12.4. The van der Waals surface area contributed by atoms with Crippen LogP contribution in [0.15, 0.2) is 6.20 Å². The molecular weight excluding hydrogens is 269 g/mol. The molecule has 1 saturated heterocycles. The van der Waals surface area contributed by atoms with Crippen LogP contribution < -0.4 is 4.90 Å². The Kier molecular flexibility index (Phi) is 3.00. The van der Waals surface area contributed by atoms with E-state index in [0.717, 1.165) is 6.20 Å². The Labute approximate surface area is 105 Å². The van der Waals surface area contributed by atoms with E-state index < -0.39 is 22.4 Å². The Hall–Kier alpha value is -1.31. The van der Waals surface area contributed by atoms with Gasteiger partial charge in [0.05, 0.1) is 11.6 Å². The Morgan fingerprint density at radius 1 is 1.61 bits per heavy atom. The van der Waals surface area contributed by atoms with E-state index in [4.69, 9.17) is 5.11 Å². The monoisotopic (exact) mass is 280 g/mol. The molecule has 1 aromatic rings. The van der Waals surface area contributed by atoms with E-state index in [9.17, 15) is 18.0 Å². The van der Waals surface area contributed by atoms with Crippen LogP contribution in [0.5, 0.6) is 0 Å². The molecule has 8 heteroatoms. The first-order valence-corrected chi connectivity index (χ1v) is 6.05. The molecular formula is C10H11F3N2O2S. The van der Waals surface area contributed by atoms with E-state index in [2.05, 4.69) is 4.98 Å². The zero-order chi connectivity index (χ0) is 13.6. The second-order valence-corrected chi connectivity index (χ2v) is 5.55. The van der Waals surface area contributed by atoms with E-state index >= 15 is 0 Å². The number of rotatable bonds is 2. The van der Waals surface area contributed by atoms with Crippen molar-refractivity contribution in [1.29, 1.82) is 0 Å². The molecule has 0 bridgehead atoms. The summed E-state index contributed by atoms with van der Waals surface area (Å²) in [4.78, 5) is 15.6. The van der Waals surface area contributed by atoms with Crippen LogP contribution in [0.2, 0.25) is 0 Å². The molecule has 1 N–H and O–H groups in total. The predicted molar refractivity (Wildman–Crippen MR) is 59.7 cm³/mol.